The maximum Gasteiger partial charge on any atom is 0.340 e. The standard InChI is InChI=1S/C53H42O10/c54-48(37-22-8-1-9-23-37)60-45-44(36-58-53(41-30-16-5-17-31-41,42-32-18-6-19-33-42)43-34-20-7-21-35-43)59-52(63-51(57)40-28-14-4-15-29-40)47(62-50(56)39-26-12-3-13-27-39)46(45)61-49(55)38-24-10-2-11-25-38/h1-35,44-47,52H,36H2/t44-,45-,46+,47-,52+/m1/s1. The lowest BCUT2D eigenvalue weighted by molar-refractivity contribution is -0.288. The molecule has 1 aliphatic rings. The molecule has 5 atom stereocenters. The Labute approximate surface area is 364 Å². The number of carbonyl (C=O) groups excluding carboxylic acids is 4. The van der Waals surface area contributed by atoms with Crippen LogP contribution in [0.4, 0.5) is 0 Å². The molecule has 1 fully saturated rings. The number of carbonyl (C=O) groups is 4. The first-order valence-electron chi connectivity index (χ1n) is 20.4. The normalized spacial score (nSPS) is 18.3. The van der Waals surface area contributed by atoms with Crippen molar-refractivity contribution in [1.29, 1.82) is 0 Å². The molecule has 0 N–H and O–H groups in total. The number of hydrogen-bond donors (Lipinski definition) is 0. The van der Waals surface area contributed by atoms with Gasteiger partial charge in [-0.2, -0.15) is 0 Å². The fraction of sp³-hybridized carbons (Fsp3) is 0.132. The number of ether oxygens (including phenoxy) is 6. The fourth-order valence-electron chi connectivity index (χ4n) is 7.53. The second-order valence-corrected chi connectivity index (χ2v) is 14.6. The van der Waals surface area contributed by atoms with Crippen LogP contribution in [0, 0.1) is 0 Å². The lowest BCUT2D eigenvalue weighted by Gasteiger charge is -2.45. The van der Waals surface area contributed by atoms with Crippen LogP contribution in [0.25, 0.3) is 0 Å². The van der Waals surface area contributed by atoms with Crippen LogP contribution in [0.1, 0.15) is 58.1 Å². The summed E-state index contributed by atoms with van der Waals surface area (Å²) in [6, 6.07) is 61.6. The summed E-state index contributed by atoms with van der Waals surface area (Å²) >= 11 is 0. The smallest absolute Gasteiger partial charge is 0.340 e. The summed E-state index contributed by atoms with van der Waals surface area (Å²) in [5, 5.41) is 0. The summed E-state index contributed by atoms with van der Waals surface area (Å²) in [6.07, 6.45) is -7.88. The molecule has 0 aliphatic carbocycles. The minimum absolute atomic E-state index is 0.153. The van der Waals surface area contributed by atoms with Crippen molar-refractivity contribution in [1.82, 2.24) is 0 Å². The van der Waals surface area contributed by atoms with Gasteiger partial charge in [0.25, 0.3) is 0 Å². The molecule has 8 rings (SSSR count). The zero-order valence-corrected chi connectivity index (χ0v) is 33.9. The predicted molar refractivity (Wildman–Crippen MR) is 233 cm³/mol. The monoisotopic (exact) mass is 838 g/mol. The predicted octanol–water partition coefficient (Wildman–Crippen LogP) is 9.25. The van der Waals surface area contributed by atoms with Gasteiger partial charge in [-0.05, 0) is 65.2 Å². The molecule has 0 saturated carbocycles. The van der Waals surface area contributed by atoms with Crippen LogP contribution in [0.15, 0.2) is 212 Å². The number of benzene rings is 7. The van der Waals surface area contributed by atoms with Crippen molar-refractivity contribution in [2.24, 2.45) is 0 Å². The Morgan fingerprint density at radius 2 is 0.651 bits per heavy atom. The van der Waals surface area contributed by atoms with Crippen LogP contribution in [0.3, 0.4) is 0 Å². The molecule has 0 bridgehead atoms. The molecule has 0 aromatic heterocycles. The zero-order valence-electron chi connectivity index (χ0n) is 33.9. The van der Waals surface area contributed by atoms with E-state index in [9.17, 15) is 19.2 Å². The van der Waals surface area contributed by atoms with E-state index in [4.69, 9.17) is 28.4 Å². The summed E-state index contributed by atoms with van der Waals surface area (Å²) in [5.41, 5.74) is 1.69. The largest absolute Gasteiger partial charge is 0.452 e. The Balaban J connectivity index is 1.27. The van der Waals surface area contributed by atoms with Crippen molar-refractivity contribution in [3.05, 3.63) is 251 Å². The van der Waals surface area contributed by atoms with Crippen LogP contribution in [-0.4, -0.2) is 61.2 Å². The van der Waals surface area contributed by atoms with Crippen LogP contribution < -0.4 is 0 Å². The van der Waals surface area contributed by atoms with E-state index in [0.29, 0.717) is 0 Å². The SMILES string of the molecule is O=C(O[C@@H]1O[C@H](COC(c2ccccc2)(c2ccccc2)c2ccccc2)[C@@H](OC(=O)c2ccccc2)[C@H](OC(=O)c2ccccc2)[C@H]1OC(=O)c1ccccc1)c1ccccc1. The Kier molecular flexibility index (Phi) is 13.2. The van der Waals surface area contributed by atoms with E-state index in [1.165, 1.54) is 0 Å². The van der Waals surface area contributed by atoms with E-state index in [0.717, 1.165) is 16.7 Å². The lowest BCUT2D eigenvalue weighted by Crippen LogP contribution is -2.63. The average Bonchev–Trinajstić information content (AvgIpc) is 3.35. The highest BCUT2D eigenvalue weighted by atomic mass is 16.7. The maximum absolute atomic E-state index is 14.2. The summed E-state index contributed by atoms with van der Waals surface area (Å²) in [7, 11) is 0. The van der Waals surface area contributed by atoms with E-state index in [2.05, 4.69) is 0 Å². The van der Waals surface area contributed by atoms with Gasteiger partial charge in [-0.3, -0.25) is 0 Å². The van der Waals surface area contributed by atoms with E-state index in [1.54, 1.807) is 121 Å². The Morgan fingerprint density at radius 1 is 0.365 bits per heavy atom. The molecule has 0 unspecified atom stereocenters. The molecule has 1 saturated heterocycles. The van der Waals surface area contributed by atoms with Crippen molar-refractivity contribution in [2.75, 3.05) is 6.61 Å². The summed E-state index contributed by atoms with van der Waals surface area (Å²) in [6.45, 7) is -0.344. The van der Waals surface area contributed by atoms with Gasteiger partial charge in [-0.15, -0.1) is 0 Å². The van der Waals surface area contributed by atoms with E-state index in [-0.39, 0.29) is 28.9 Å². The number of hydrogen-bond acceptors (Lipinski definition) is 10. The minimum atomic E-state index is -1.72. The zero-order chi connectivity index (χ0) is 43.4. The van der Waals surface area contributed by atoms with Gasteiger partial charge in [0.05, 0.1) is 28.9 Å². The highest BCUT2D eigenvalue weighted by Crippen LogP contribution is 2.42. The second kappa shape index (κ2) is 19.8. The van der Waals surface area contributed by atoms with Gasteiger partial charge in [0, 0.05) is 0 Å². The Hall–Kier alpha value is -7.66. The quantitative estimate of drug-likeness (QED) is 0.0595. The summed E-state index contributed by atoms with van der Waals surface area (Å²) in [4.78, 5) is 56.2. The molecule has 1 aliphatic heterocycles. The van der Waals surface area contributed by atoms with E-state index < -0.39 is 60.2 Å². The van der Waals surface area contributed by atoms with Crippen LogP contribution in [0.2, 0.25) is 0 Å². The molecule has 0 amide bonds. The van der Waals surface area contributed by atoms with Gasteiger partial charge in [0.15, 0.2) is 12.2 Å². The highest BCUT2D eigenvalue weighted by molar-refractivity contribution is 5.92. The molecule has 7 aromatic carbocycles. The van der Waals surface area contributed by atoms with Gasteiger partial charge < -0.3 is 28.4 Å². The molecule has 314 valence electrons. The topological polar surface area (TPSA) is 124 Å². The lowest BCUT2D eigenvalue weighted by atomic mass is 9.80. The molecule has 7 aromatic rings. The average molecular weight is 839 g/mol. The van der Waals surface area contributed by atoms with E-state index in [1.807, 2.05) is 91.0 Å². The summed E-state index contributed by atoms with van der Waals surface area (Å²) in [5.74, 6) is -3.28. The van der Waals surface area contributed by atoms with Crippen molar-refractivity contribution in [3.63, 3.8) is 0 Å². The van der Waals surface area contributed by atoms with Crippen molar-refractivity contribution in [3.8, 4) is 0 Å². The van der Waals surface area contributed by atoms with Gasteiger partial charge in [0.1, 0.15) is 11.7 Å². The number of rotatable bonds is 14. The Bertz CT molecular complexity index is 2480. The van der Waals surface area contributed by atoms with Crippen molar-refractivity contribution in [2.45, 2.75) is 36.3 Å². The first kappa shape index (κ1) is 42.0. The van der Waals surface area contributed by atoms with Gasteiger partial charge in [-0.25, -0.2) is 19.2 Å². The third-order valence-corrected chi connectivity index (χ3v) is 10.6. The van der Waals surface area contributed by atoms with Crippen molar-refractivity contribution >= 4 is 23.9 Å². The first-order valence-corrected chi connectivity index (χ1v) is 20.4. The maximum atomic E-state index is 14.2. The van der Waals surface area contributed by atoms with Gasteiger partial charge >= 0.3 is 23.9 Å². The van der Waals surface area contributed by atoms with Crippen LogP contribution >= 0.6 is 0 Å². The third-order valence-electron chi connectivity index (χ3n) is 10.6. The second-order valence-electron chi connectivity index (χ2n) is 14.6. The fourth-order valence-corrected chi connectivity index (χ4v) is 7.53. The van der Waals surface area contributed by atoms with Crippen LogP contribution in [-0.2, 0) is 34.0 Å². The number of esters is 4. The Morgan fingerprint density at radius 3 is 1.00 bits per heavy atom. The molecule has 0 spiro atoms. The summed E-state index contributed by atoms with van der Waals surface area (Å²) < 4.78 is 38.7. The van der Waals surface area contributed by atoms with Crippen molar-refractivity contribution < 1.29 is 47.6 Å². The first-order chi connectivity index (χ1) is 30.9. The molecular formula is C53H42O10. The molecule has 63 heavy (non-hydrogen) atoms. The third kappa shape index (κ3) is 9.63. The molecular weight excluding hydrogens is 797 g/mol. The molecule has 10 heteroatoms. The van der Waals surface area contributed by atoms with Crippen LogP contribution in [0.5, 0.6) is 0 Å². The molecule has 1 heterocycles. The molecule has 0 radical (unpaired) electrons. The highest BCUT2D eigenvalue weighted by Gasteiger charge is 2.55. The minimum Gasteiger partial charge on any atom is -0.452 e. The van der Waals surface area contributed by atoms with E-state index >= 15 is 0 Å². The van der Waals surface area contributed by atoms with Gasteiger partial charge in [-0.1, -0.05) is 164 Å². The molecule has 10 nitrogen and oxygen atoms in total. The van der Waals surface area contributed by atoms with Gasteiger partial charge in [0.2, 0.25) is 12.4 Å².